The fourth-order valence-electron chi connectivity index (χ4n) is 3.92. The second-order valence-electron chi connectivity index (χ2n) is 8.03. The number of hydrogen-bond acceptors (Lipinski definition) is 8. The highest BCUT2D eigenvalue weighted by Gasteiger charge is 2.36. The van der Waals surface area contributed by atoms with Crippen molar-refractivity contribution in [2.45, 2.75) is 45.3 Å². The smallest absolute Gasteiger partial charge is 0.332 e. The molecule has 176 valence electrons. The molecule has 12 nitrogen and oxygen atoms in total. The molecule has 2 aromatic heterocycles. The van der Waals surface area contributed by atoms with Crippen LogP contribution < -0.4 is 11.2 Å². The van der Waals surface area contributed by atoms with E-state index in [0.29, 0.717) is 12.8 Å². The standard InChI is InChI=1S/C19H27N5O7S/c1-5-12(2)24(13-6-7-32(29,30)10-13)14(25)9-31-15(26)8-23-11-20-17-16(23)18(27)22(4)19(28)21(17)3/h11-13H,5-10H2,1-4H3/t12-,13+/m1/s1. The van der Waals surface area contributed by atoms with E-state index >= 15 is 0 Å². The minimum absolute atomic E-state index is 0.0306. The van der Waals surface area contributed by atoms with Crippen molar-refractivity contribution in [3.05, 3.63) is 27.2 Å². The molecule has 1 amide bonds. The number of hydrogen-bond donors (Lipinski definition) is 0. The van der Waals surface area contributed by atoms with Crippen molar-refractivity contribution in [2.24, 2.45) is 14.1 Å². The molecular weight excluding hydrogens is 442 g/mol. The van der Waals surface area contributed by atoms with Gasteiger partial charge in [0, 0.05) is 26.2 Å². The van der Waals surface area contributed by atoms with Crippen LogP contribution >= 0.6 is 0 Å². The fourth-order valence-corrected chi connectivity index (χ4v) is 5.63. The zero-order valence-corrected chi connectivity index (χ0v) is 19.3. The first-order valence-corrected chi connectivity index (χ1v) is 12.1. The average molecular weight is 470 g/mol. The van der Waals surface area contributed by atoms with Crippen molar-refractivity contribution in [2.75, 3.05) is 18.1 Å². The SMILES string of the molecule is CC[C@@H](C)N(C(=O)COC(=O)Cn1cnc2c1c(=O)n(C)c(=O)n2C)[C@H]1CCS(=O)(=O)C1. The summed E-state index contributed by atoms with van der Waals surface area (Å²) in [7, 11) is -0.396. The number of sulfone groups is 1. The van der Waals surface area contributed by atoms with Gasteiger partial charge in [-0.2, -0.15) is 0 Å². The molecule has 3 heterocycles. The number of aryl methyl sites for hydroxylation is 1. The van der Waals surface area contributed by atoms with E-state index in [2.05, 4.69) is 4.98 Å². The van der Waals surface area contributed by atoms with Crippen LogP contribution in [0, 0.1) is 0 Å². The fraction of sp³-hybridized carbons (Fsp3) is 0.632. The summed E-state index contributed by atoms with van der Waals surface area (Å²) in [4.78, 5) is 55.2. The molecule has 0 N–H and O–H groups in total. The Morgan fingerprint density at radius 2 is 1.97 bits per heavy atom. The van der Waals surface area contributed by atoms with Crippen molar-refractivity contribution in [1.82, 2.24) is 23.6 Å². The Labute approximate surface area is 184 Å². The van der Waals surface area contributed by atoms with Gasteiger partial charge in [-0.1, -0.05) is 6.92 Å². The number of fused-ring (bicyclic) bond motifs is 1. The zero-order valence-electron chi connectivity index (χ0n) is 18.5. The van der Waals surface area contributed by atoms with Crippen LogP contribution in [0.5, 0.6) is 0 Å². The Hall–Kier alpha value is -2.96. The minimum Gasteiger partial charge on any atom is -0.454 e. The van der Waals surface area contributed by atoms with E-state index in [9.17, 15) is 27.6 Å². The summed E-state index contributed by atoms with van der Waals surface area (Å²) in [5, 5.41) is 0. The number of rotatable bonds is 7. The van der Waals surface area contributed by atoms with E-state index in [4.69, 9.17) is 4.74 Å². The van der Waals surface area contributed by atoms with Crippen LogP contribution in [-0.4, -0.2) is 74.1 Å². The number of carbonyl (C=O) groups is 2. The lowest BCUT2D eigenvalue weighted by Gasteiger charge is -2.33. The van der Waals surface area contributed by atoms with Crippen molar-refractivity contribution >= 4 is 32.9 Å². The Morgan fingerprint density at radius 3 is 2.56 bits per heavy atom. The van der Waals surface area contributed by atoms with Crippen LogP contribution in [0.1, 0.15) is 26.7 Å². The van der Waals surface area contributed by atoms with Crippen molar-refractivity contribution in [3.8, 4) is 0 Å². The van der Waals surface area contributed by atoms with E-state index in [1.54, 1.807) is 0 Å². The summed E-state index contributed by atoms with van der Waals surface area (Å²) >= 11 is 0. The molecule has 32 heavy (non-hydrogen) atoms. The van der Waals surface area contributed by atoms with E-state index in [1.165, 1.54) is 34.5 Å². The number of nitrogens with zero attached hydrogens (tertiary/aromatic N) is 5. The summed E-state index contributed by atoms with van der Waals surface area (Å²) < 4.78 is 32.2. The monoisotopic (exact) mass is 469 g/mol. The maximum Gasteiger partial charge on any atom is 0.332 e. The zero-order chi connectivity index (χ0) is 23.8. The number of carbonyl (C=O) groups excluding carboxylic acids is 2. The van der Waals surface area contributed by atoms with Crippen LogP contribution in [0.15, 0.2) is 15.9 Å². The Kier molecular flexibility index (Phi) is 6.58. The molecule has 1 aliphatic heterocycles. The molecule has 3 rings (SSSR count). The quantitative estimate of drug-likeness (QED) is 0.460. The summed E-state index contributed by atoms with van der Waals surface area (Å²) in [5.74, 6) is -1.30. The normalized spacial score (nSPS) is 18.6. The van der Waals surface area contributed by atoms with Gasteiger partial charge in [0.2, 0.25) is 0 Å². The first kappa shape index (κ1) is 23.7. The highest BCUT2D eigenvalue weighted by molar-refractivity contribution is 7.91. The Morgan fingerprint density at radius 1 is 1.28 bits per heavy atom. The first-order valence-electron chi connectivity index (χ1n) is 10.2. The minimum atomic E-state index is -3.18. The van der Waals surface area contributed by atoms with Gasteiger partial charge in [-0.15, -0.1) is 0 Å². The molecule has 1 saturated heterocycles. The van der Waals surface area contributed by atoms with E-state index < -0.39 is 45.6 Å². The van der Waals surface area contributed by atoms with Gasteiger partial charge in [-0.3, -0.25) is 23.5 Å². The molecule has 0 saturated carbocycles. The second kappa shape index (κ2) is 8.88. The van der Waals surface area contributed by atoms with Gasteiger partial charge in [0.25, 0.3) is 11.5 Å². The second-order valence-corrected chi connectivity index (χ2v) is 10.3. The van der Waals surface area contributed by atoms with E-state index in [-0.39, 0.29) is 35.3 Å². The number of imidazole rings is 1. The highest BCUT2D eigenvalue weighted by atomic mass is 32.2. The molecular formula is C19H27N5O7S. The molecule has 2 atom stereocenters. The lowest BCUT2D eigenvalue weighted by Crippen LogP contribution is -2.48. The lowest BCUT2D eigenvalue weighted by molar-refractivity contribution is -0.154. The van der Waals surface area contributed by atoms with Crippen LogP contribution in [0.2, 0.25) is 0 Å². The predicted molar refractivity (Wildman–Crippen MR) is 115 cm³/mol. The average Bonchev–Trinajstić information content (AvgIpc) is 3.32. The number of ether oxygens (including phenoxy) is 1. The predicted octanol–water partition coefficient (Wildman–Crippen LogP) is -1.21. The van der Waals surface area contributed by atoms with Gasteiger partial charge in [-0.25, -0.2) is 18.2 Å². The third-order valence-corrected chi connectivity index (χ3v) is 7.58. The molecule has 13 heteroatoms. The van der Waals surface area contributed by atoms with Gasteiger partial charge in [0.1, 0.15) is 6.54 Å². The maximum atomic E-state index is 12.8. The summed E-state index contributed by atoms with van der Waals surface area (Å²) in [6.07, 6.45) is 2.23. The van der Waals surface area contributed by atoms with Gasteiger partial charge in [0.15, 0.2) is 27.6 Å². The van der Waals surface area contributed by atoms with Crippen molar-refractivity contribution in [1.29, 1.82) is 0 Å². The van der Waals surface area contributed by atoms with Crippen LogP contribution in [-0.2, 0) is 44.8 Å². The van der Waals surface area contributed by atoms with Crippen LogP contribution in [0.4, 0.5) is 0 Å². The molecule has 0 aliphatic carbocycles. The molecule has 0 bridgehead atoms. The number of aromatic nitrogens is 4. The Balaban J connectivity index is 1.72. The van der Waals surface area contributed by atoms with Crippen LogP contribution in [0.25, 0.3) is 11.2 Å². The highest BCUT2D eigenvalue weighted by Crippen LogP contribution is 2.21. The molecule has 1 aliphatic rings. The van der Waals surface area contributed by atoms with E-state index in [0.717, 1.165) is 4.57 Å². The molecule has 2 aromatic rings. The largest absolute Gasteiger partial charge is 0.454 e. The van der Waals surface area contributed by atoms with Crippen molar-refractivity contribution in [3.63, 3.8) is 0 Å². The summed E-state index contributed by atoms with van der Waals surface area (Å²) in [5.41, 5.74) is -0.947. The molecule has 0 spiro atoms. The topological polar surface area (TPSA) is 143 Å². The number of amides is 1. The Bertz CT molecular complexity index is 1270. The van der Waals surface area contributed by atoms with Crippen molar-refractivity contribution < 1.29 is 22.7 Å². The van der Waals surface area contributed by atoms with Gasteiger partial charge in [0.05, 0.1) is 17.8 Å². The molecule has 1 fully saturated rings. The third-order valence-electron chi connectivity index (χ3n) is 5.83. The van der Waals surface area contributed by atoms with Gasteiger partial charge in [-0.05, 0) is 19.8 Å². The van der Waals surface area contributed by atoms with Gasteiger partial charge >= 0.3 is 11.7 Å². The molecule has 0 aromatic carbocycles. The van der Waals surface area contributed by atoms with Crippen LogP contribution in [0.3, 0.4) is 0 Å². The van der Waals surface area contributed by atoms with E-state index in [1.807, 2.05) is 13.8 Å². The summed E-state index contributed by atoms with van der Waals surface area (Å²) in [6, 6.07) is -0.649. The third kappa shape index (κ3) is 4.47. The molecule has 0 unspecified atom stereocenters. The number of esters is 1. The maximum absolute atomic E-state index is 12.8. The van der Waals surface area contributed by atoms with Gasteiger partial charge < -0.3 is 14.2 Å². The molecule has 0 radical (unpaired) electrons. The lowest BCUT2D eigenvalue weighted by atomic mass is 10.1. The summed E-state index contributed by atoms with van der Waals surface area (Å²) in [6.45, 7) is 2.79. The first-order chi connectivity index (χ1) is 15.0.